The first-order valence-electron chi connectivity index (χ1n) is 8.39. The molecule has 1 amide bonds. The number of carbonyl (C=O) groups excluding carboxylic acids is 1. The van der Waals surface area contributed by atoms with E-state index in [1.165, 1.54) is 0 Å². The molecule has 0 spiro atoms. The van der Waals surface area contributed by atoms with Crippen molar-refractivity contribution in [3.63, 3.8) is 0 Å². The van der Waals surface area contributed by atoms with Gasteiger partial charge in [0, 0.05) is 15.6 Å². The van der Waals surface area contributed by atoms with E-state index in [4.69, 9.17) is 16.3 Å². The van der Waals surface area contributed by atoms with Crippen molar-refractivity contribution in [2.45, 2.75) is 24.2 Å². The highest BCUT2D eigenvalue weighted by molar-refractivity contribution is 7.98. The van der Waals surface area contributed by atoms with Gasteiger partial charge in [0.2, 0.25) is 0 Å². The largest absolute Gasteiger partial charge is 0.365 e. The van der Waals surface area contributed by atoms with Gasteiger partial charge in [0.1, 0.15) is 6.10 Å². The second-order valence-electron chi connectivity index (χ2n) is 6.10. The number of nitrogens with one attached hydrogen (secondary N) is 1. The number of benzene rings is 2. The maximum Gasteiger partial charge on any atom is 0.278 e. The number of thioether (sulfide) groups is 1. The molecule has 0 radical (unpaired) electrons. The van der Waals surface area contributed by atoms with Crippen LogP contribution in [0.15, 0.2) is 53.4 Å². The fourth-order valence-corrected chi connectivity index (χ4v) is 3.54. The SMILES string of the molecule is CSc1cccc(NC(=O)c2nnn3c2CO[C@@H](c2ccc(Cl)cc2)C3)c1. The lowest BCUT2D eigenvalue weighted by Crippen LogP contribution is -2.24. The van der Waals surface area contributed by atoms with Crippen LogP contribution in [-0.2, 0) is 17.9 Å². The number of ether oxygens (including phenoxy) is 1. The second-order valence-corrected chi connectivity index (χ2v) is 7.42. The molecule has 1 atom stereocenters. The molecule has 3 aromatic rings. The number of halogens is 1. The molecule has 138 valence electrons. The molecule has 4 rings (SSSR count). The predicted molar refractivity (Wildman–Crippen MR) is 105 cm³/mol. The van der Waals surface area contributed by atoms with Gasteiger partial charge < -0.3 is 10.1 Å². The molecule has 0 saturated carbocycles. The first-order chi connectivity index (χ1) is 13.1. The minimum atomic E-state index is -0.289. The van der Waals surface area contributed by atoms with Crippen LogP contribution in [0.4, 0.5) is 5.69 Å². The Morgan fingerprint density at radius 3 is 2.89 bits per heavy atom. The molecule has 0 aliphatic carbocycles. The molecular weight excluding hydrogens is 384 g/mol. The van der Waals surface area contributed by atoms with Crippen LogP contribution in [-0.4, -0.2) is 27.2 Å². The Morgan fingerprint density at radius 2 is 2.11 bits per heavy atom. The van der Waals surface area contributed by atoms with Gasteiger partial charge in [-0.15, -0.1) is 16.9 Å². The zero-order valence-corrected chi connectivity index (χ0v) is 16.1. The summed E-state index contributed by atoms with van der Waals surface area (Å²) in [6, 6.07) is 15.2. The smallest absolute Gasteiger partial charge is 0.278 e. The normalized spacial score (nSPS) is 16.0. The molecule has 0 bridgehead atoms. The van der Waals surface area contributed by atoms with Crippen LogP contribution in [0.2, 0.25) is 5.02 Å². The molecule has 2 aromatic carbocycles. The number of amides is 1. The Labute approximate surface area is 165 Å². The molecule has 8 heteroatoms. The lowest BCUT2D eigenvalue weighted by Gasteiger charge is -2.24. The molecule has 2 heterocycles. The molecule has 1 aromatic heterocycles. The molecule has 1 aliphatic heterocycles. The fourth-order valence-electron chi connectivity index (χ4n) is 2.96. The lowest BCUT2D eigenvalue weighted by atomic mass is 10.1. The minimum absolute atomic E-state index is 0.148. The first-order valence-corrected chi connectivity index (χ1v) is 9.99. The van der Waals surface area contributed by atoms with E-state index in [1.807, 2.05) is 54.8 Å². The van der Waals surface area contributed by atoms with E-state index in [2.05, 4.69) is 15.6 Å². The summed E-state index contributed by atoms with van der Waals surface area (Å²) in [5, 5.41) is 11.8. The van der Waals surface area contributed by atoms with Gasteiger partial charge in [0.25, 0.3) is 5.91 Å². The summed E-state index contributed by atoms with van der Waals surface area (Å²) in [5.41, 5.74) is 2.71. The van der Waals surface area contributed by atoms with Gasteiger partial charge >= 0.3 is 0 Å². The van der Waals surface area contributed by atoms with Crippen LogP contribution in [0, 0.1) is 0 Å². The van der Waals surface area contributed by atoms with Gasteiger partial charge in [-0.3, -0.25) is 4.79 Å². The van der Waals surface area contributed by atoms with E-state index < -0.39 is 0 Å². The zero-order chi connectivity index (χ0) is 18.8. The Kier molecular flexibility index (Phi) is 5.15. The van der Waals surface area contributed by atoms with Crippen molar-refractivity contribution in [3.05, 3.63) is 70.5 Å². The maximum atomic E-state index is 12.6. The van der Waals surface area contributed by atoms with Crippen LogP contribution in [0.3, 0.4) is 0 Å². The third-order valence-electron chi connectivity index (χ3n) is 4.38. The number of hydrogen-bond donors (Lipinski definition) is 1. The number of rotatable bonds is 4. The topological polar surface area (TPSA) is 69.0 Å². The standard InChI is InChI=1S/C19H17ClN4O2S/c1-27-15-4-2-3-14(9-15)21-19(25)18-16-11-26-17(10-24(16)23-22-18)12-5-7-13(20)8-6-12/h2-9,17H,10-11H2,1H3,(H,21,25)/t17-/m1/s1. The number of hydrogen-bond acceptors (Lipinski definition) is 5. The summed E-state index contributed by atoms with van der Waals surface area (Å²) >= 11 is 7.56. The lowest BCUT2D eigenvalue weighted by molar-refractivity contribution is -0.00171. The molecule has 0 saturated heterocycles. The highest BCUT2D eigenvalue weighted by Crippen LogP contribution is 2.28. The monoisotopic (exact) mass is 400 g/mol. The van der Waals surface area contributed by atoms with E-state index >= 15 is 0 Å². The quantitative estimate of drug-likeness (QED) is 0.665. The Bertz CT molecular complexity index is 974. The summed E-state index contributed by atoms with van der Waals surface area (Å²) in [6.07, 6.45) is 1.84. The predicted octanol–water partition coefficient (Wildman–Crippen LogP) is 4.18. The molecular formula is C19H17ClN4O2S. The van der Waals surface area contributed by atoms with E-state index in [-0.39, 0.29) is 18.6 Å². The second kappa shape index (κ2) is 7.72. The number of anilines is 1. The third kappa shape index (κ3) is 3.85. The Hall–Kier alpha value is -2.35. The molecule has 27 heavy (non-hydrogen) atoms. The maximum absolute atomic E-state index is 12.6. The van der Waals surface area contributed by atoms with Crippen molar-refractivity contribution in [2.24, 2.45) is 0 Å². The van der Waals surface area contributed by atoms with Gasteiger partial charge in [0.15, 0.2) is 5.69 Å². The Balaban J connectivity index is 1.50. The summed E-state index contributed by atoms with van der Waals surface area (Å²) in [6.45, 7) is 0.771. The van der Waals surface area contributed by atoms with E-state index in [1.54, 1.807) is 16.4 Å². The molecule has 0 unspecified atom stereocenters. The van der Waals surface area contributed by atoms with E-state index in [0.717, 1.165) is 16.1 Å². The van der Waals surface area contributed by atoms with Crippen LogP contribution in [0.5, 0.6) is 0 Å². The first kappa shape index (κ1) is 18.0. The summed E-state index contributed by atoms with van der Waals surface area (Å²) in [4.78, 5) is 13.7. The minimum Gasteiger partial charge on any atom is -0.365 e. The number of nitrogens with zero attached hydrogens (tertiary/aromatic N) is 3. The van der Waals surface area contributed by atoms with Crippen LogP contribution >= 0.6 is 23.4 Å². The number of fused-ring (bicyclic) bond motifs is 1. The molecule has 1 N–H and O–H groups in total. The summed E-state index contributed by atoms with van der Waals surface area (Å²) in [7, 11) is 0. The zero-order valence-electron chi connectivity index (χ0n) is 14.6. The summed E-state index contributed by atoms with van der Waals surface area (Å²) in [5.74, 6) is -0.289. The van der Waals surface area contributed by atoms with Crippen molar-refractivity contribution in [1.82, 2.24) is 15.0 Å². The average Bonchev–Trinajstić information content (AvgIpc) is 3.12. The average molecular weight is 401 g/mol. The van der Waals surface area contributed by atoms with Gasteiger partial charge in [0.05, 0.1) is 18.8 Å². The van der Waals surface area contributed by atoms with Gasteiger partial charge in [-0.05, 0) is 42.2 Å². The van der Waals surface area contributed by atoms with Crippen molar-refractivity contribution >= 4 is 35.0 Å². The van der Waals surface area contributed by atoms with Crippen molar-refractivity contribution in [3.8, 4) is 0 Å². The summed E-state index contributed by atoms with van der Waals surface area (Å²) < 4.78 is 7.67. The highest BCUT2D eigenvalue weighted by Gasteiger charge is 2.27. The molecule has 1 aliphatic rings. The van der Waals surface area contributed by atoms with Crippen molar-refractivity contribution < 1.29 is 9.53 Å². The fraction of sp³-hybridized carbons (Fsp3) is 0.211. The van der Waals surface area contributed by atoms with Crippen molar-refractivity contribution in [2.75, 3.05) is 11.6 Å². The number of aromatic nitrogens is 3. The molecule has 6 nitrogen and oxygen atoms in total. The third-order valence-corrected chi connectivity index (χ3v) is 5.36. The van der Waals surface area contributed by atoms with Crippen LogP contribution < -0.4 is 5.32 Å². The van der Waals surface area contributed by atoms with E-state index in [0.29, 0.717) is 23.0 Å². The van der Waals surface area contributed by atoms with Crippen LogP contribution in [0.1, 0.15) is 27.8 Å². The van der Waals surface area contributed by atoms with Gasteiger partial charge in [-0.2, -0.15) is 0 Å². The molecule has 0 fully saturated rings. The Morgan fingerprint density at radius 1 is 1.30 bits per heavy atom. The van der Waals surface area contributed by atoms with Gasteiger partial charge in [-0.25, -0.2) is 4.68 Å². The number of carbonyl (C=O) groups is 1. The van der Waals surface area contributed by atoms with Crippen LogP contribution in [0.25, 0.3) is 0 Å². The highest BCUT2D eigenvalue weighted by atomic mass is 35.5. The van der Waals surface area contributed by atoms with Gasteiger partial charge in [-0.1, -0.05) is 35.0 Å². The van der Waals surface area contributed by atoms with E-state index in [9.17, 15) is 4.79 Å². The van der Waals surface area contributed by atoms with Crippen molar-refractivity contribution in [1.29, 1.82) is 0 Å².